The molecule has 1 aliphatic rings. The third kappa shape index (κ3) is 4.81. The van der Waals surface area contributed by atoms with Crippen LogP contribution >= 0.6 is 0 Å². The molecule has 0 spiro atoms. The van der Waals surface area contributed by atoms with Crippen molar-refractivity contribution in [2.45, 2.75) is 13.1 Å². The second kappa shape index (κ2) is 9.54. The smallest absolute Gasteiger partial charge is 0.126 e. The first-order chi connectivity index (χ1) is 15.2. The van der Waals surface area contributed by atoms with E-state index in [1.165, 1.54) is 0 Å². The zero-order valence-electron chi connectivity index (χ0n) is 17.8. The van der Waals surface area contributed by atoms with Crippen molar-refractivity contribution in [1.29, 1.82) is 5.26 Å². The molecular weight excluding hydrogens is 392 g/mol. The standard InChI is InChI=1S/C24H26N4O3/c1-29-21-5-7-24(30-2)22(13-21)19-4-6-23(31-11-10-28-9-3-8-26-28)20(12-19)17-27-15-18(14-25)16-27/h3-9,12-13,18H,10-11,15-17H2,1-2H3. The monoisotopic (exact) mass is 418 g/mol. The lowest BCUT2D eigenvalue weighted by atomic mass is 9.98. The molecule has 4 rings (SSSR count). The van der Waals surface area contributed by atoms with Crippen molar-refractivity contribution in [3.63, 3.8) is 0 Å². The Morgan fingerprint density at radius 2 is 1.94 bits per heavy atom. The predicted molar refractivity (Wildman–Crippen MR) is 117 cm³/mol. The Hall–Kier alpha value is -3.50. The van der Waals surface area contributed by atoms with Gasteiger partial charge in [0.2, 0.25) is 0 Å². The molecule has 7 nitrogen and oxygen atoms in total. The maximum Gasteiger partial charge on any atom is 0.126 e. The van der Waals surface area contributed by atoms with Crippen LogP contribution in [0, 0.1) is 17.2 Å². The minimum absolute atomic E-state index is 0.117. The highest BCUT2D eigenvalue weighted by atomic mass is 16.5. The third-order valence-corrected chi connectivity index (χ3v) is 5.45. The van der Waals surface area contributed by atoms with Crippen LogP contribution in [0.25, 0.3) is 11.1 Å². The fourth-order valence-corrected chi connectivity index (χ4v) is 3.75. The lowest BCUT2D eigenvalue weighted by molar-refractivity contribution is 0.125. The number of aromatic nitrogens is 2. The number of nitriles is 1. The summed E-state index contributed by atoms with van der Waals surface area (Å²) in [5, 5.41) is 13.3. The van der Waals surface area contributed by atoms with Crippen molar-refractivity contribution in [3.8, 4) is 34.4 Å². The molecular formula is C24H26N4O3. The number of rotatable bonds is 9. The maximum absolute atomic E-state index is 9.10. The number of likely N-dealkylation sites (tertiary alicyclic amines) is 1. The fourth-order valence-electron chi connectivity index (χ4n) is 3.75. The molecule has 0 unspecified atom stereocenters. The molecule has 2 aromatic carbocycles. The molecule has 160 valence electrons. The van der Waals surface area contributed by atoms with Gasteiger partial charge >= 0.3 is 0 Å². The summed E-state index contributed by atoms with van der Waals surface area (Å²) in [4.78, 5) is 2.26. The van der Waals surface area contributed by atoms with E-state index in [-0.39, 0.29) is 5.92 Å². The van der Waals surface area contributed by atoms with Gasteiger partial charge in [0, 0.05) is 43.2 Å². The molecule has 1 aromatic heterocycles. The zero-order valence-corrected chi connectivity index (χ0v) is 17.8. The average Bonchev–Trinajstić information content (AvgIpc) is 3.29. The van der Waals surface area contributed by atoms with Gasteiger partial charge in [-0.15, -0.1) is 0 Å². The van der Waals surface area contributed by atoms with Crippen molar-refractivity contribution in [2.24, 2.45) is 5.92 Å². The van der Waals surface area contributed by atoms with E-state index >= 15 is 0 Å². The molecule has 0 N–H and O–H groups in total. The van der Waals surface area contributed by atoms with E-state index in [1.807, 2.05) is 47.3 Å². The molecule has 3 aromatic rings. The Bertz CT molecular complexity index is 1050. The Labute approximate surface area is 182 Å². The van der Waals surface area contributed by atoms with Crippen LogP contribution in [0.2, 0.25) is 0 Å². The van der Waals surface area contributed by atoms with Crippen molar-refractivity contribution < 1.29 is 14.2 Å². The number of ether oxygens (including phenoxy) is 3. The fraction of sp³-hybridized carbons (Fsp3) is 0.333. The second-order valence-electron chi connectivity index (χ2n) is 7.53. The van der Waals surface area contributed by atoms with Gasteiger partial charge < -0.3 is 14.2 Å². The van der Waals surface area contributed by atoms with Gasteiger partial charge in [0.1, 0.15) is 23.9 Å². The molecule has 0 saturated carbocycles. The van der Waals surface area contributed by atoms with E-state index < -0.39 is 0 Å². The van der Waals surface area contributed by atoms with Crippen LogP contribution in [0.1, 0.15) is 5.56 Å². The summed E-state index contributed by atoms with van der Waals surface area (Å²) in [6.45, 7) is 3.51. The topological polar surface area (TPSA) is 72.5 Å². The van der Waals surface area contributed by atoms with Gasteiger partial charge in [-0.25, -0.2) is 0 Å². The highest BCUT2D eigenvalue weighted by molar-refractivity contribution is 5.73. The SMILES string of the molecule is COc1ccc(OC)c(-c2ccc(OCCn3cccn3)c(CN3CC(C#N)C3)c2)c1. The van der Waals surface area contributed by atoms with E-state index in [2.05, 4.69) is 22.1 Å². The van der Waals surface area contributed by atoms with Gasteiger partial charge in [0.25, 0.3) is 0 Å². The highest BCUT2D eigenvalue weighted by Gasteiger charge is 2.27. The Kier molecular flexibility index (Phi) is 6.39. The van der Waals surface area contributed by atoms with E-state index in [0.717, 1.165) is 53.6 Å². The molecule has 7 heteroatoms. The third-order valence-electron chi connectivity index (χ3n) is 5.45. The van der Waals surface area contributed by atoms with E-state index in [1.54, 1.807) is 20.4 Å². The molecule has 1 saturated heterocycles. The van der Waals surface area contributed by atoms with Crippen molar-refractivity contribution in [3.05, 3.63) is 60.4 Å². The minimum Gasteiger partial charge on any atom is -0.497 e. The van der Waals surface area contributed by atoms with E-state index in [9.17, 15) is 0 Å². The van der Waals surface area contributed by atoms with Crippen LogP contribution in [0.3, 0.4) is 0 Å². The molecule has 0 bridgehead atoms. The van der Waals surface area contributed by atoms with Gasteiger partial charge in [0.05, 0.1) is 32.8 Å². The molecule has 31 heavy (non-hydrogen) atoms. The maximum atomic E-state index is 9.10. The lowest BCUT2D eigenvalue weighted by Crippen LogP contribution is -2.45. The summed E-state index contributed by atoms with van der Waals surface area (Å²) < 4.78 is 18.9. The Morgan fingerprint density at radius 3 is 2.65 bits per heavy atom. The normalized spacial score (nSPS) is 14.0. The largest absolute Gasteiger partial charge is 0.497 e. The van der Waals surface area contributed by atoms with Gasteiger partial charge in [-0.1, -0.05) is 6.07 Å². The molecule has 1 aliphatic heterocycles. The molecule has 2 heterocycles. The Morgan fingerprint density at radius 1 is 1.10 bits per heavy atom. The average molecular weight is 418 g/mol. The van der Waals surface area contributed by atoms with Gasteiger partial charge in [-0.05, 0) is 42.0 Å². The van der Waals surface area contributed by atoms with Gasteiger partial charge in [0.15, 0.2) is 0 Å². The number of methoxy groups -OCH3 is 2. The number of hydrogen-bond donors (Lipinski definition) is 0. The zero-order chi connectivity index (χ0) is 21.6. The predicted octanol–water partition coefficient (Wildman–Crippen LogP) is 3.60. The summed E-state index contributed by atoms with van der Waals surface area (Å²) in [6.07, 6.45) is 3.68. The molecule has 0 aliphatic carbocycles. The summed E-state index contributed by atoms with van der Waals surface area (Å²) in [5.41, 5.74) is 3.08. The summed E-state index contributed by atoms with van der Waals surface area (Å²) in [7, 11) is 3.32. The van der Waals surface area contributed by atoms with Crippen LogP contribution < -0.4 is 14.2 Å². The molecule has 0 radical (unpaired) electrons. The molecule has 1 fully saturated rings. The number of nitrogens with zero attached hydrogens (tertiary/aromatic N) is 4. The summed E-state index contributed by atoms with van der Waals surface area (Å²) in [6, 6.07) is 16.2. The Balaban J connectivity index is 1.59. The van der Waals surface area contributed by atoms with Crippen LogP contribution in [-0.4, -0.2) is 48.6 Å². The van der Waals surface area contributed by atoms with Crippen molar-refractivity contribution >= 4 is 0 Å². The van der Waals surface area contributed by atoms with Crippen LogP contribution in [-0.2, 0) is 13.1 Å². The quantitative estimate of drug-likeness (QED) is 0.529. The lowest BCUT2D eigenvalue weighted by Gasteiger charge is -2.35. The van der Waals surface area contributed by atoms with Gasteiger partial charge in [-0.2, -0.15) is 10.4 Å². The number of benzene rings is 2. The van der Waals surface area contributed by atoms with Gasteiger partial charge in [-0.3, -0.25) is 9.58 Å². The number of hydrogen-bond acceptors (Lipinski definition) is 6. The van der Waals surface area contributed by atoms with E-state index in [0.29, 0.717) is 13.2 Å². The first kappa shape index (κ1) is 20.8. The summed E-state index contributed by atoms with van der Waals surface area (Å²) in [5.74, 6) is 2.52. The van der Waals surface area contributed by atoms with E-state index in [4.69, 9.17) is 19.5 Å². The summed E-state index contributed by atoms with van der Waals surface area (Å²) >= 11 is 0. The second-order valence-corrected chi connectivity index (χ2v) is 7.53. The van der Waals surface area contributed by atoms with Crippen LogP contribution in [0.4, 0.5) is 0 Å². The minimum atomic E-state index is 0.117. The van der Waals surface area contributed by atoms with Crippen LogP contribution in [0.15, 0.2) is 54.9 Å². The van der Waals surface area contributed by atoms with Crippen molar-refractivity contribution in [1.82, 2.24) is 14.7 Å². The molecule has 0 atom stereocenters. The first-order valence-electron chi connectivity index (χ1n) is 10.3. The molecule has 0 amide bonds. The highest BCUT2D eigenvalue weighted by Crippen LogP contribution is 2.36. The first-order valence-corrected chi connectivity index (χ1v) is 10.3. The van der Waals surface area contributed by atoms with Crippen LogP contribution in [0.5, 0.6) is 17.2 Å². The van der Waals surface area contributed by atoms with Crippen molar-refractivity contribution in [2.75, 3.05) is 33.9 Å².